The first-order valence-electron chi connectivity index (χ1n) is 9.59. The number of carbonyl (C=O) groups is 2. The zero-order valence-corrected chi connectivity index (χ0v) is 17.8. The van der Waals surface area contributed by atoms with E-state index in [0.717, 1.165) is 45.5 Å². The molecule has 4 nitrogen and oxygen atoms in total. The fraction of sp³-hybridized carbons (Fsp3) is 0.167. The van der Waals surface area contributed by atoms with E-state index in [1.54, 1.807) is 18.2 Å². The number of carbonyl (C=O) groups excluding carboxylic acids is 2. The van der Waals surface area contributed by atoms with Gasteiger partial charge in [0.2, 0.25) is 0 Å². The number of aromatic nitrogens is 1. The van der Waals surface area contributed by atoms with Gasteiger partial charge in [-0.3, -0.25) is 14.5 Å². The summed E-state index contributed by atoms with van der Waals surface area (Å²) in [5.41, 5.74) is 5.60. The first-order chi connectivity index (χ1) is 14.3. The van der Waals surface area contributed by atoms with Gasteiger partial charge < -0.3 is 4.57 Å². The van der Waals surface area contributed by atoms with Crippen molar-refractivity contribution in [3.8, 4) is 5.69 Å². The third kappa shape index (κ3) is 3.83. The monoisotopic (exact) mass is 420 g/mol. The largest absolute Gasteiger partial charge is 0.318 e. The van der Waals surface area contributed by atoms with Crippen molar-refractivity contribution >= 4 is 29.0 Å². The van der Waals surface area contributed by atoms with Gasteiger partial charge in [0.05, 0.1) is 11.4 Å². The van der Waals surface area contributed by atoms with Gasteiger partial charge in [-0.15, -0.1) is 0 Å². The van der Waals surface area contributed by atoms with Crippen LogP contribution in [0.25, 0.3) is 11.8 Å². The predicted molar refractivity (Wildman–Crippen MR) is 118 cm³/mol. The van der Waals surface area contributed by atoms with Gasteiger partial charge in [0.25, 0.3) is 11.1 Å². The molecular formula is C24H21FN2O2S. The van der Waals surface area contributed by atoms with Crippen LogP contribution < -0.4 is 0 Å². The van der Waals surface area contributed by atoms with Crippen LogP contribution in [0, 0.1) is 26.6 Å². The number of halogens is 1. The van der Waals surface area contributed by atoms with Crippen LogP contribution in [0.5, 0.6) is 0 Å². The van der Waals surface area contributed by atoms with Crippen LogP contribution in [-0.4, -0.2) is 20.6 Å². The molecule has 2 aromatic carbocycles. The Morgan fingerprint density at radius 2 is 1.73 bits per heavy atom. The van der Waals surface area contributed by atoms with Crippen LogP contribution >= 0.6 is 11.8 Å². The van der Waals surface area contributed by atoms with Gasteiger partial charge in [-0.1, -0.05) is 29.8 Å². The standard InChI is InChI=1S/C24H21FN2O2S/c1-15-5-4-6-18(11-15)14-26-23(28)22(30-24(26)29)13-19-12-16(2)27(17(19)3)21-9-7-20(25)8-10-21/h4-13H,14H2,1-3H3/b22-13-. The van der Waals surface area contributed by atoms with Gasteiger partial charge in [0.15, 0.2) is 0 Å². The molecule has 6 heteroatoms. The van der Waals surface area contributed by atoms with Gasteiger partial charge in [0.1, 0.15) is 5.82 Å². The molecule has 1 fully saturated rings. The summed E-state index contributed by atoms with van der Waals surface area (Å²) in [6, 6.07) is 16.0. The number of rotatable bonds is 4. The lowest BCUT2D eigenvalue weighted by Gasteiger charge is -2.12. The van der Waals surface area contributed by atoms with Crippen molar-refractivity contribution in [2.45, 2.75) is 27.3 Å². The topological polar surface area (TPSA) is 42.3 Å². The van der Waals surface area contributed by atoms with Crippen molar-refractivity contribution in [2.24, 2.45) is 0 Å². The average Bonchev–Trinajstić information content (AvgIpc) is 3.13. The first kappa shape index (κ1) is 20.2. The van der Waals surface area contributed by atoms with Gasteiger partial charge in [-0.05, 0) is 80.1 Å². The lowest BCUT2D eigenvalue weighted by atomic mass is 10.1. The van der Waals surface area contributed by atoms with Crippen LogP contribution in [-0.2, 0) is 11.3 Å². The van der Waals surface area contributed by atoms with Gasteiger partial charge >= 0.3 is 0 Å². The molecule has 0 saturated carbocycles. The molecule has 4 rings (SSSR count). The summed E-state index contributed by atoms with van der Waals surface area (Å²) in [6.07, 6.45) is 1.77. The molecule has 0 spiro atoms. The number of amides is 2. The summed E-state index contributed by atoms with van der Waals surface area (Å²) in [5, 5.41) is -0.264. The zero-order valence-electron chi connectivity index (χ0n) is 17.0. The smallest absolute Gasteiger partial charge is 0.293 e. The van der Waals surface area contributed by atoms with Crippen molar-refractivity contribution < 1.29 is 14.0 Å². The van der Waals surface area contributed by atoms with E-state index >= 15 is 0 Å². The highest BCUT2D eigenvalue weighted by Gasteiger charge is 2.35. The molecule has 2 amide bonds. The number of nitrogens with zero attached hydrogens (tertiary/aromatic N) is 2. The number of hydrogen-bond acceptors (Lipinski definition) is 3. The van der Waals surface area contributed by atoms with Crippen LogP contribution in [0.3, 0.4) is 0 Å². The van der Waals surface area contributed by atoms with Crippen molar-refractivity contribution in [1.82, 2.24) is 9.47 Å². The van der Waals surface area contributed by atoms with Crippen molar-refractivity contribution in [1.29, 1.82) is 0 Å². The van der Waals surface area contributed by atoms with E-state index < -0.39 is 0 Å². The van der Waals surface area contributed by atoms with Gasteiger partial charge in [0, 0.05) is 17.1 Å². The molecule has 0 radical (unpaired) electrons. The lowest BCUT2D eigenvalue weighted by molar-refractivity contribution is -0.123. The maximum atomic E-state index is 13.3. The Labute approximate surface area is 179 Å². The number of aryl methyl sites for hydroxylation is 2. The summed E-state index contributed by atoms with van der Waals surface area (Å²) >= 11 is 0.961. The Morgan fingerprint density at radius 3 is 2.43 bits per heavy atom. The zero-order chi connectivity index (χ0) is 21.4. The van der Waals surface area contributed by atoms with E-state index in [4.69, 9.17) is 0 Å². The fourth-order valence-corrected chi connectivity index (χ4v) is 4.52. The summed E-state index contributed by atoms with van der Waals surface area (Å²) < 4.78 is 15.3. The molecular weight excluding hydrogens is 399 g/mol. The minimum Gasteiger partial charge on any atom is -0.318 e. The normalized spacial score (nSPS) is 15.5. The first-order valence-corrected chi connectivity index (χ1v) is 10.4. The number of imide groups is 1. The Hall–Kier alpha value is -3.12. The quantitative estimate of drug-likeness (QED) is 0.503. The molecule has 1 saturated heterocycles. The van der Waals surface area contributed by atoms with E-state index in [1.165, 1.54) is 17.0 Å². The second-order valence-corrected chi connectivity index (χ2v) is 8.39. The van der Waals surface area contributed by atoms with E-state index in [2.05, 4.69) is 0 Å². The molecule has 1 aliphatic heterocycles. The predicted octanol–water partition coefficient (Wildman–Crippen LogP) is 5.78. The molecule has 30 heavy (non-hydrogen) atoms. The minimum atomic E-state index is -0.288. The third-order valence-electron chi connectivity index (χ3n) is 5.14. The Kier molecular flexibility index (Phi) is 5.35. The molecule has 0 bridgehead atoms. The molecule has 0 aliphatic carbocycles. The van der Waals surface area contributed by atoms with E-state index in [9.17, 15) is 14.0 Å². The molecule has 0 N–H and O–H groups in total. The highest BCUT2D eigenvalue weighted by molar-refractivity contribution is 8.18. The summed E-state index contributed by atoms with van der Waals surface area (Å²) in [4.78, 5) is 27.1. The van der Waals surface area contributed by atoms with Crippen molar-refractivity contribution in [2.75, 3.05) is 0 Å². The number of benzene rings is 2. The molecule has 1 aromatic heterocycles. The van der Waals surface area contributed by atoms with E-state index in [0.29, 0.717) is 4.91 Å². The SMILES string of the molecule is Cc1cccc(CN2C(=O)S/C(=C\c3cc(C)n(-c4ccc(F)cc4)c3C)C2=O)c1. The number of hydrogen-bond donors (Lipinski definition) is 0. The summed E-state index contributed by atoms with van der Waals surface area (Å²) in [6.45, 7) is 6.14. The molecule has 3 aromatic rings. The van der Waals surface area contributed by atoms with Crippen LogP contribution in [0.1, 0.15) is 28.1 Å². The molecule has 0 atom stereocenters. The van der Waals surface area contributed by atoms with Crippen molar-refractivity contribution in [3.63, 3.8) is 0 Å². The summed E-state index contributed by atoms with van der Waals surface area (Å²) in [5.74, 6) is -0.568. The average molecular weight is 421 g/mol. The maximum Gasteiger partial charge on any atom is 0.293 e. The highest BCUT2D eigenvalue weighted by Crippen LogP contribution is 2.34. The number of thioether (sulfide) groups is 1. The third-order valence-corrected chi connectivity index (χ3v) is 6.05. The highest BCUT2D eigenvalue weighted by atomic mass is 32.2. The van der Waals surface area contributed by atoms with E-state index in [-0.39, 0.29) is 23.5 Å². The molecule has 1 aliphatic rings. The Bertz CT molecular complexity index is 1180. The van der Waals surface area contributed by atoms with Gasteiger partial charge in [-0.2, -0.15) is 0 Å². The lowest BCUT2D eigenvalue weighted by Crippen LogP contribution is -2.27. The second-order valence-electron chi connectivity index (χ2n) is 7.40. The molecule has 0 unspecified atom stereocenters. The van der Waals surface area contributed by atoms with Crippen molar-refractivity contribution in [3.05, 3.63) is 93.4 Å². The van der Waals surface area contributed by atoms with Crippen LogP contribution in [0.4, 0.5) is 9.18 Å². The minimum absolute atomic E-state index is 0.262. The fourth-order valence-electron chi connectivity index (χ4n) is 3.69. The Balaban J connectivity index is 1.62. The second kappa shape index (κ2) is 7.95. The molecule has 2 heterocycles. The van der Waals surface area contributed by atoms with Crippen LogP contribution in [0.15, 0.2) is 59.5 Å². The maximum absolute atomic E-state index is 13.3. The van der Waals surface area contributed by atoms with Crippen LogP contribution in [0.2, 0.25) is 0 Å². The summed E-state index contributed by atoms with van der Waals surface area (Å²) in [7, 11) is 0. The van der Waals surface area contributed by atoms with E-state index in [1.807, 2.05) is 55.7 Å². The van der Waals surface area contributed by atoms with Gasteiger partial charge in [-0.25, -0.2) is 4.39 Å². The molecule has 152 valence electrons. The Morgan fingerprint density at radius 1 is 1.00 bits per heavy atom.